The van der Waals surface area contributed by atoms with Crippen molar-refractivity contribution in [3.63, 3.8) is 0 Å². The Morgan fingerprint density at radius 1 is 1.00 bits per heavy atom. The number of tetrazole rings is 1. The third-order valence-corrected chi connectivity index (χ3v) is 3.98. The van der Waals surface area contributed by atoms with Gasteiger partial charge in [0.05, 0.1) is 5.69 Å². The first-order chi connectivity index (χ1) is 13.1. The van der Waals surface area contributed by atoms with Gasteiger partial charge in [-0.3, -0.25) is 20.4 Å². The molecule has 0 spiro atoms. The van der Waals surface area contributed by atoms with Crippen molar-refractivity contribution in [2.45, 2.75) is 6.92 Å². The van der Waals surface area contributed by atoms with Crippen LogP contribution in [-0.2, 0) is 0 Å². The fourth-order valence-electron chi connectivity index (χ4n) is 2.62. The first kappa shape index (κ1) is 16.5. The van der Waals surface area contributed by atoms with Gasteiger partial charge in [-0.25, -0.2) is 4.68 Å². The SMILES string of the molecule is Cc1cc(C(=O)NNC(=O)c2ccc3c(c2)OCO3)ccc1-n1cnnn1. The van der Waals surface area contributed by atoms with Gasteiger partial charge in [-0.15, -0.1) is 5.10 Å². The van der Waals surface area contributed by atoms with Crippen LogP contribution >= 0.6 is 0 Å². The summed E-state index contributed by atoms with van der Waals surface area (Å²) in [5.41, 5.74) is 7.04. The van der Waals surface area contributed by atoms with Crippen molar-refractivity contribution in [2.75, 3.05) is 6.79 Å². The first-order valence-electron chi connectivity index (χ1n) is 7.96. The van der Waals surface area contributed by atoms with Crippen molar-refractivity contribution in [3.05, 3.63) is 59.4 Å². The van der Waals surface area contributed by atoms with Crippen molar-refractivity contribution in [1.29, 1.82) is 0 Å². The number of nitrogens with one attached hydrogen (secondary N) is 2. The number of ether oxygens (including phenoxy) is 2. The quantitative estimate of drug-likeness (QED) is 0.657. The Labute approximate surface area is 153 Å². The van der Waals surface area contributed by atoms with Crippen LogP contribution in [0.1, 0.15) is 26.3 Å². The van der Waals surface area contributed by atoms with Gasteiger partial charge >= 0.3 is 0 Å². The second-order valence-corrected chi connectivity index (χ2v) is 5.73. The molecule has 0 unspecified atom stereocenters. The van der Waals surface area contributed by atoms with Crippen molar-refractivity contribution in [3.8, 4) is 17.2 Å². The predicted octanol–water partition coefficient (Wildman–Crippen LogP) is 0.774. The Morgan fingerprint density at radius 2 is 1.70 bits per heavy atom. The Morgan fingerprint density at radius 3 is 2.41 bits per heavy atom. The summed E-state index contributed by atoms with van der Waals surface area (Å²) in [6, 6.07) is 9.79. The molecular weight excluding hydrogens is 352 g/mol. The van der Waals surface area contributed by atoms with Crippen LogP contribution in [0.15, 0.2) is 42.7 Å². The van der Waals surface area contributed by atoms with Crippen LogP contribution < -0.4 is 20.3 Å². The van der Waals surface area contributed by atoms with E-state index >= 15 is 0 Å². The fourth-order valence-corrected chi connectivity index (χ4v) is 2.62. The van der Waals surface area contributed by atoms with E-state index in [1.165, 1.54) is 11.0 Å². The van der Waals surface area contributed by atoms with E-state index in [0.717, 1.165) is 11.3 Å². The Balaban J connectivity index is 1.42. The summed E-state index contributed by atoms with van der Waals surface area (Å²) in [6.07, 6.45) is 1.47. The molecule has 10 heteroatoms. The van der Waals surface area contributed by atoms with Gasteiger partial charge in [0.25, 0.3) is 11.8 Å². The zero-order valence-corrected chi connectivity index (χ0v) is 14.2. The number of aromatic nitrogens is 4. The zero-order valence-electron chi connectivity index (χ0n) is 14.2. The van der Waals surface area contributed by atoms with Crippen LogP contribution in [0, 0.1) is 6.92 Å². The summed E-state index contributed by atoms with van der Waals surface area (Å²) in [5.74, 6) is 0.149. The monoisotopic (exact) mass is 366 g/mol. The molecule has 10 nitrogen and oxygen atoms in total. The molecule has 2 amide bonds. The summed E-state index contributed by atoms with van der Waals surface area (Å²) in [6.45, 7) is 1.95. The Hall–Kier alpha value is -3.95. The van der Waals surface area contributed by atoms with E-state index in [1.807, 2.05) is 6.92 Å². The molecular formula is C17H14N6O4. The highest BCUT2D eigenvalue weighted by Gasteiger charge is 2.17. The smallest absolute Gasteiger partial charge is 0.269 e. The average molecular weight is 366 g/mol. The molecule has 0 saturated carbocycles. The number of aryl methyl sites for hydroxylation is 1. The molecule has 27 heavy (non-hydrogen) atoms. The zero-order chi connectivity index (χ0) is 18.8. The summed E-state index contributed by atoms with van der Waals surface area (Å²) in [7, 11) is 0. The molecule has 1 aromatic heterocycles. The lowest BCUT2D eigenvalue weighted by atomic mass is 10.1. The molecule has 4 rings (SSSR count). The van der Waals surface area contributed by atoms with E-state index in [9.17, 15) is 9.59 Å². The van der Waals surface area contributed by atoms with Gasteiger partial charge in [0, 0.05) is 11.1 Å². The number of hydrogen-bond donors (Lipinski definition) is 2. The average Bonchev–Trinajstić information content (AvgIpc) is 3.36. The molecule has 136 valence electrons. The third kappa shape index (κ3) is 3.27. The van der Waals surface area contributed by atoms with Gasteiger partial charge in [0.15, 0.2) is 11.5 Å². The fraction of sp³-hybridized carbons (Fsp3) is 0.118. The number of rotatable bonds is 3. The van der Waals surface area contributed by atoms with Crippen LogP contribution in [0.2, 0.25) is 0 Å². The highest BCUT2D eigenvalue weighted by atomic mass is 16.7. The number of hydrazine groups is 1. The van der Waals surface area contributed by atoms with Gasteiger partial charge in [-0.05, 0) is 59.3 Å². The largest absolute Gasteiger partial charge is 0.454 e. The second-order valence-electron chi connectivity index (χ2n) is 5.73. The number of carbonyl (C=O) groups is 2. The number of benzene rings is 2. The molecule has 1 aliphatic rings. The lowest BCUT2D eigenvalue weighted by Gasteiger charge is -2.10. The van der Waals surface area contributed by atoms with Crippen LogP contribution in [0.3, 0.4) is 0 Å². The molecule has 2 heterocycles. The molecule has 0 saturated heterocycles. The highest BCUT2D eigenvalue weighted by molar-refractivity contribution is 5.99. The molecule has 0 atom stereocenters. The third-order valence-electron chi connectivity index (χ3n) is 3.98. The van der Waals surface area contributed by atoms with E-state index in [-0.39, 0.29) is 6.79 Å². The first-order valence-corrected chi connectivity index (χ1v) is 7.96. The lowest BCUT2D eigenvalue weighted by Crippen LogP contribution is -2.41. The summed E-state index contributed by atoms with van der Waals surface area (Å²) in [5, 5.41) is 11.0. The molecule has 0 fully saturated rings. The summed E-state index contributed by atoms with van der Waals surface area (Å²) < 4.78 is 11.9. The summed E-state index contributed by atoms with van der Waals surface area (Å²) >= 11 is 0. The van der Waals surface area contributed by atoms with Crippen LogP contribution in [0.5, 0.6) is 11.5 Å². The molecule has 1 aliphatic heterocycles. The van der Waals surface area contributed by atoms with Gasteiger partial charge in [0.2, 0.25) is 6.79 Å². The van der Waals surface area contributed by atoms with Crippen LogP contribution in [-0.4, -0.2) is 38.8 Å². The molecule has 0 bridgehead atoms. The van der Waals surface area contributed by atoms with Crippen molar-refractivity contribution in [1.82, 2.24) is 31.1 Å². The number of nitrogens with zero attached hydrogens (tertiary/aromatic N) is 4. The van der Waals surface area contributed by atoms with Gasteiger partial charge in [-0.1, -0.05) is 0 Å². The predicted molar refractivity (Wildman–Crippen MR) is 91.4 cm³/mol. The number of hydrogen-bond acceptors (Lipinski definition) is 7. The van der Waals surface area contributed by atoms with Crippen molar-refractivity contribution >= 4 is 11.8 Å². The number of fused-ring (bicyclic) bond motifs is 1. The second kappa shape index (κ2) is 6.75. The number of amides is 2. The van der Waals surface area contributed by atoms with E-state index in [1.54, 1.807) is 36.4 Å². The minimum Gasteiger partial charge on any atom is -0.454 e. The van der Waals surface area contributed by atoms with Gasteiger partial charge < -0.3 is 9.47 Å². The minimum absolute atomic E-state index is 0.122. The van der Waals surface area contributed by atoms with E-state index in [0.29, 0.717) is 22.6 Å². The normalized spacial score (nSPS) is 11.9. The number of carbonyl (C=O) groups excluding carboxylic acids is 2. The summed E-state index contributed by atoms with van der Waals surface area (Å²) in [4.78, 5) is 24.5. The van der Waals surface area contributed by atoms with E-state index < -0.39 is 11.8 Å². The maximum absolute atomic E-state index is 12.3. The molecule has 0 aliphatic carbocycles. The van der Waals surface area contributed by atoms with Gasteiger partial charge in [-0.2, -0.15) is 0 Å². The Bertz CT molecular complexity index is 1020. The van der Waals surface area contributed by atoms with E-state index in [4.69, 9.17) is 9.47 Å². The van der Waals surface area contributed by atoms with Crippen molar-refractivity contribution < 1.29 is 19.1 Å². The standard InChI is InChI=1S/C17H14N6O4/c1-10-6-11(2-4-13(10)23-8-18-21-22-23)16(24)19-20-17(25)12-3-5-14-15(7-12)27-9-26-14/h2-8H,9H2,1H3,(H,19,24)(H,20,25). The maximum Gasteiger partial charge on any atom is 0.269 e. The maximum atomic E-state index is 12.3. The molecule has 2 aromatic carbocycles. The van der Waals surface area contributed by atoms with Gasteiger partial charge in [0.1, 0.15) is 6.33 Å². The molecule has 2 N–H and O–H groups in total. The van der Waals surface area contributed by atoms with E-state index in [2.05, 4.69) is 26.4 Å². The topological polar surface area (TPSA) is 120 Å². The van der Waals surface area contributed by atoms with Crippen LogP contribution in [0.25, 0.3) is 5.69 Å². The van der Waals surface area contributed by atoms with Crippen LogP contribution in [0.4, 0.5) is 0 Å². The Kier molecular flexibility index (Phi) is 4.13. The lowest BCUT2D eigenvalue weighted by molar-refractivity contribution is 0.0846. The molecule has 0 radical (unpaired) electrons. The highest BCUT2D eigenvalue weighted by Crippen LogP contribution is 2.32. The molecule has 3 aromatic rings. The van der Waals surface area contributed by atoms with Crippen molar-refractivity contribution in [2.24, 2.45) is 0 Å². The minimum atomic E-state index is -0.469.